The first-order valence-corrected chi connectivity index (χ1v) is 12.9. The average Bonchev–Trinajstić information content (AvgIpc) is 2.84. The number of likely N-dealkylation sites (tertiary alicyclic amines) is 1. The number of nitrogens with one attached hydrogen (secondary N) is 1. The van der Waals surface area contributed by atoms with Crippen LogP contribution in [0, 0.1) is 11.6 Å². The second kappa shape index (κ2) is 9.52. The number of piperidine rings is 1. The van der Waals surface area contributed by atoms with Gasteiger partial charge >= 0.3 is 0 Å². The van der Waals surface area contributed by atoms with Crippen molar-refractivity contribution in [2.24, 2.45) is 0 Å². The second-order valence-corrected chi connectivity index (χ2v) is 10.4. The van der Waals surface area contributed by atoms with Gasteiger partial charge in [0.1, 0.15) is 5.66 Å². The van der Waals surface area contributed by atoms with E-state index in [0.29, 0.717) is 36.5 Å². The molecule has 0 aromatic heterocycles. The lowest BCUT2D eigenvalue weighted by molar-refractivity contribution is 0.0859. The number of rotatable bonds is 4. The molecule has 1 spiro atoms. The lowest BCUT2D eigenvalue weighted by atomic mass is 9.87. The third kappa shape index (κ3) is 4.46. The highest BCUT2D eigenvalue weighted by Crippen LogP contribution is 2.43. The molecule has 0 radical (unpaired) electrons. The van der Waals surface area contributed by atoms with Crippen molar-refractivity contribution in [1.29, 1.82) is 0 Å². The van der Waals surface area contributed by atoms with E-state index in [0.717, 1.165) is 27.8 Å². The molecule has 182 valence electrons. The van der Waals surface area contributed by atoms with Gasteiger partial charge in [0.05, 0.1) is 5.56 Å². The van der Waals surface area contributed by atoms with Crippen molar-refractivity contribution in [3.63, 3.8) is 0 Å². The van der Waals surface area contributed by atoms with Gasteiger partial charge < -0.3 is 5.32 Å². The van der Waals surface area contributed by atoms with Gasteiger partial charge in [-0.25, -0.2) is 8.78 Å². The van der Waals surface area contributed by atoms with E-state index >= 15 is 0 Å². The summed E-state index contributed by atoms with van der Waals surface area (Å²) in [6, 6.07) is 17.1. The van der Waals surface area contributed by atoms with Gasteiger partial charge in [-0.15, -0.1) is 0 Å². The molecule has 35 heavy (non-hydrogen) atoms. The third-order valence-corrected chi connectivity index (χ3v) is 7.82. The molecular formula is C27H25BrClF2N3O. The van der Waals surface area contributed by atoms with Crippen LogP contribution in [0.25, 0.3) is 0 Å². The van der Waals surface area contributed by atoms with Crippen LogP contribution >= 0.6 is 27.5 Å². The highest BCUT2D eigenvalue weighted by molar-refractivity contribution is 9.10. The number of halogens is 4. The Labute approximate surface area is 217 Å². The molecule has 1 amide bonds. The minimum Gasteiger partial charge on any atom is -0.362 e. The van der Waals surface area contributed by atoms with E-state index in [1.807, 2.05) is 42.2 Å². The molecule has 1 fully saturated rings. The summed E-state index contributed by atoms with van der Waals surface area (Å²) in [5.74, 6) is -1.73. The monoisotopic (exact) mass is 559 g/mol. The smallest absolute Gasteiger partial charge is 0.262 e. The number of carbonyl (C=O) groups excluding carboxylic acids is 1. The molecule has 3 aromatic carbocycles. The normalized spacial score (nSPS) is 18.3. The highest BCUT2D eigenvalue weighted by atomic mass is 79.9. The average molecular weight is 561 g/mol. The van der Waals surface area contributed by atoms with Gasteiger partial charge in [-0.1, -0.05) is 40.5 Å². The van der Waals surface area contributed by atoms with E-state index in [1.165, 1.54) is 12.1 Å². The number of hydrogen-bond donors (Lipinski definition) is 1. The summed E-state index contributed by atoms with van der Waals surface area (Å²) in [5, 5.41) is 4.29. The molecule has 2 heterocycles. The fourth-order valence-electron chi connectivity index (χ4n) is 5.36. The van der Waals surface area contributed by atoms with Crippen LogP contribution in [0.3, 0.4) is 0 Å². The van der Waals surface area contributed by atoms with E-state index in [4.69, 9.17) is 11.6 Å². The van der Waals surface area contributed by atoms with E-state index in [1.54, 1.807) is 18.2 Å². The zero-order valence-electron chi connectivity index (χ0n) is 19.2. The lowest BCUT2D eigenvalue weighted by Crippen LogP contribution is -2.64. The number of anilines is 2. The van der Waals surface area contributed by atoms with Crippen molar-refractivity contribution < 1.29 is 13.6 Å². The molecule has 4 nitrogen and oxygen atoms in total. The summed E-state index contributed by atoms with van der Waals surface area (Å²) in [5.41, 5.74) is 2.34. The summed E-state index contributed by atoms with van der Waals surface area (Å²) in [6.07, 6.45) is 2.09. The fraction of sp³-hybridized carbons (Fsp3) is 0.296. The van der Waals surface area contributed by atoms with Crippen molar-refractivity contribution in [2.75, 3.05) is 23.3 Å². The molecule has 1 saturated heterocycles. The first kappa shape index (κ1) is 24.2. The summed E-state index contributed by atoms with van der Waals surface area (Å²) in [4.78, 5) is 17.9. The van der Waals surface area contributed by atoms with Gasteiger partial charge in [-0.3, -0.25) is 14.6 Å². The van der Waals surface area contributed by atoms with E-state index < -0.39 is 17.3 Å². The van der Waals surface area contributed by atoms with E-state index in [-0.39, 0.29) is 11.9 Å². The van der Waals surface area contributed by atoms with Crippen LogP contribution in [-0.4, -0.2) is 29.6 Å². The molecule has 0 aliphatic carbocycles. The van der Waals surface area contributed by atoms with Gasteiger partial charge in [0, 0.05) is 52.8 Å². The minimum absolute atomic E-state index is 0.0350. The molecular weight excluding hydrogens is 536 g/mol. The maximum atomic E-state index is 14.0. The van der Waals surface area contributed by atoms with Crippen LogP contribution in [0.5, 0.6) is 0 Å². The lowest BCUT2D eigenvalue weighted by Gasteiger charge is -2.53. The van der Waals surface area contributed by atoms with Crippen LogP contribution in [0.2, 0.25) is 5.02 Å². The molecule has 1 atom stereocenters. The minimum atomic E-state index is -0.838. The van der Waals surface area contributed by atoms with Crippen LogP contribution in [0.15, 0.2) is 65.1 Å². The Balaban J connectivity index is 1.48. The highest BCUT2D eigenvalue weighted by Gasteiger charge is 2.48. The zero-order valence-corrected chi connectivity index (χ0v) is 21.5. The Morgan fingerprint density at radius 1 is 1.03 bits per heavy atom. The molecule has 5 rings (SSSR count). The SMILES string of the molecule is CCC(c1ccc(F)c(F)c1)N1CCC2(CC1)Nc1cc(Br)ccc1C(=O)N2c1ccc(Cl)cc1. The first-order valence-electron chi connectivity index (χ1n) is 11.7. The van der Waals surface area contributed by atoms with Crippen molar-refractivity contribution in [3.8, 4) is 0 Å². The number of carbonyl (C=O) groups is 1. The number of benzene rings is 3. The number of nitrogens with zero attached hydrogens (tertiary/aromatic N) is 2. The molecule has 1 N–H and O–H groups in total. The Hall–Kier alpha value is -2.48. The van der Waals surface area contributed by atoms with Crippen molar-refractivity contribution >= 4 is 44.8 Å². The van der Waals surface area contributed by atoms with E-state index in [2.05, 4.69) is 26.1 Å². The zero-order chi connectivity index (χ0) is 24.7. The number of amides is 1. The fourth-order valence-corrected chi connectivity index (χ4v) is 5.85. The maximum absolute atomic E-state index is 14.0. The van der Waals surface area contributed by atoms with Gasteiger partial charge in [-0.2, -0.15) is 0 Å². The maximum Gasteiger partial charge on any atom is 0.262 e. The van der Waals surface area contributed by atoms with Crippen molar-refractivity contribution in [2.45, 2.75) is 37.9 Å². The van der Waals surface area contributed by atoms with Crippen LogP contribution in [-0.2, 0) is 0 Å². The largest absolute Gasteiger partial charge is 0.362 e. The van der Waals surface area contributed by atoms with Gasteiger partial charge in [0.2, 0.25) is 0 Å². The molecule has 0 bridgehead atoms. The second-order valence-electron chi connectivity index (χ2n) is 9.10. The molecule has 0 saturated carbocycles. The van der Waals surface area contributed by atoms with E-state index in [9.17, 15) is 13.6 Å². The predicted molar refractivity (Wildman–Crippen MR) is 139 cm³/mol. The Morgan fingerprint density at radius 3 is 2.40 bits per heavy atom. The Bertz CT molecular complexity index is 1260. The van der Waals surface area contributed by atoms with Crippen molar-refractivity contribution in [3.05, 3.63) is 92.9 Å². The predicted octanol–water partition coefficient (Wildman–Crippen LogP) is 7.40. The van der Waals surface area contributed by atoms with Gasteiger partial charge in [-0.05, 0) is 66.6 Å². The van der Waals surface area contributed by atoms with Gasteiger partial charge in [0.25, 0.3) is 5.91 Å². The molecule has 1 unspecified atom stereocenters. The molecule has 3 aromatic rings. The molecule has 8 heteroatoms. The van der Waals surface area contributed by atoms with Gasteiger partial charge in [0.15, 0.2) is 11.6 Å². The summed E-state index contributed by atoms with van der Waals surface area (Å²) in [6.45, 7) is 3.42. The number of hydrogen-bond acceptors (Lipinski definition) is 3. The standard InChI is InChI=1S/C27H25BrClF2N3O/c1-2-25(17-3-10-22(30)23(31)15-17)33-13-11-27(12-14-33)32-24-16-18(28)4-9-21(24)26(35)34(27)20-7-5-19(29)6-8-20/h3-10,15-16,25,32H,2,11-14H2,1H3. The summed E-state index contributed by atoms with van der Waals surface area (Å²) in [7, 11) is 0. The summed E-state index contributed by atoms with van der Waals surface area (Å²) >= 11 is 9.65. The van der Waals surface area contributed by atoms with Crippen LogP contribution in [0.1, 0.15) is 48.1 Å². The third-order valence-electron chi connectivity index (χ3n) is 7.08. The summed E-state index contributed by atoms with van der Waals surface area (Å²) < 4.78 is 28.4. The van der Waals surface area contributed by atoms with Crippen LogP contribution in [0.4, 0.5) is 20.2 Å². The molecule has 2 aliphatic heterocycles. The number of fused-ring (bicyclic) bond motifs is 1. The van der Waals surface area contributed by atoms with Crippen LogP contribution < -0.4 is 10.2 Å². The van der Waals surface area contributed by atoms with Crippen molar-refractivity contribution in [1.82, 2.24) is 4.90 Å². The first-order chi connectivity index (χ1) is 16.8. The quantitative estimate of drug-likeness (QED) is 0.361. The Kier molecular flexibility index (Phi) is 6.59. The topological polar surface area (TPSA) is 35.6 Å². The molecule has 2 aliphatic rings. The Morgan fingerprint density at radius 2 is 1.74 bits per heavy atom.